The van der Waals surface area contributed by atoms with E-state index in [1.54, 1.807) is 30.3 Å². The van der Waals surface area contributed by atoms with Gasteiger partial charge in [0.1, 0.15) is 28.4 Å². The predicted molar refractivity (Wildman–Crippen MR) is 164 cm³/mol. The van der Waals surface area contributed by atoms with Crippen LogP contribution in [0.5, 0.6) is 23.0 Å². The van der Waals surface area contributed by atoms with Crippen LogP contribution in [0.25, 0.3) is 0 Å². The number of amides is 5. The Labute approximate surface area is 268 Å². The highest BCUT2D eigenvalue weighted by Crippen LogP contribution is 2.57. The third kappa shape index (κ3) is 5.00. The molecule has 1 atom stereocenters. The van der Waals surface area contributed by atoms with Gasteiger partial charge < -0.3 is 29.7 Å². The Morgan fingerprint density at radius 1 is 0.979 bits per heavy atom. The normalized spacial score (nSPS) is 17.2. The van der Waals surface area contributed by atoms with Crippen molar-refractivity contribution in [2.24, 2.45) is 11.3 Å². The van der Waals surface area contributed by atoms with Crippen LogP contribution >= 0.6 is 0 Å². The molecule has 3 heterocycles. The first kappa shape index (κ1) is 31.1. The summed E-state index contributed by atoms with van der Waals surface area (Å²) in [4.78, 5) is 64.3. The van der Waals surface area contributed by atoms with Crippen LogP contribution < -0.4 is 20.7 Å². The number of carbonyl (C=O) groups is 5. The van der Waals surface area contributed by atoms with Gasteiger partial charge in [0.25, 0.3) is 0 Å². The fourth-order valence-electron chi connectivity index (χ4n) is 6.69. The van der Waals surface area contributed by atoms with Crippen molar-refractivity contribution < 1.29 is 48.4 Å². The summed E-state index contributed by atoms with van der Waals surface area (Å²) in [6, 6.07) is 13.0. The SMILES string of the molecule is C=CCC1(C(CCC)COC(=O)NCc2cccc3c2C(=O)OC32c3ccc(O)cc3Oc3cc(O)ccc32)C(=O)NC(=O)NC1=O. The average molecular weight is 642 g/mol. The van der Waals surface area contributed by atoms with Gasteiger partial charge in [-0.25, -0.2) is 14.4 Å². The molecule has 1 saturated heterocycles. The molecule has 242 valence electrons. The van der Waals surface area contributed by atoms with Crippen molar-refractivity contribution in [3.05, 3.63) is 95.1 Å². The highest BCUT2D eigenvalue weighted by Gasteiger charge is 2.56. The van der Waals surface area contributed by atoms with Gasteiger partial charge in [0.15, 0.2) is 5.60 Å². The second kappa shape index (κ2) is 11.8. The van der Waals surface area contributed by atoms with Gasteiger partial charge in [0.2, 0.25) is 11.8 Å². The van der Waals surface area contributed by atoms with E-state index in [4.69, 9.17) is 14.2 Å². The van der Waals surface area contributed by atoms with Crippen LogP contribution in [0.1, 0.15) is 58.8 Å². The number of ether oxygens (including phenoxy) is 3. The zero-order chi connectivity index (χ0) is 33.5. The summed E-state index contributed by atoms with van der Waals surface area (Å²) < 4.78 is 17.6. The molecule has 0 bridgehead atoms. The second-order valence-electron chi connectivity index (χ2n) is 11.5. The van der Waals surface area contributed by atoms with Crippen LogP contribution in [0.15, 0.2) is 67.3 Å². The number of fused-ring (bicyclic) bond motifs is 6. The molecule has 3 aliphatic heterocycles. The smallest absolute Gasteiger partial charge is 0.407 e. The topological polar surface area (TPSA) is 190 Å². The molecule has 5 amide bonds. The maximum atomic E-state index is 13.6. The molecule has 3 aromatic carbocycles. The number of hydrogen-bond donors (Lipinski definition) is 5. The molecule has 1 unspecified atom stereocenters. The highest BCUT2D eigenvalue weighted by molar-refractivity contribution is 6.19. The lowest BCUT2D eigenvalue weighted by molar-refractivity contribution is -0.150. The molecule has 3 aliphatic rings. The van der Waals surface area contributed by atoms with Gasteiger partial charge in [0.05, 0.1) is 12.2 Å². The lowest BCUT2D eigenvalue weighted by Crippen LogP contribution is -2.65. The lowest BCUT2D eigenvalue weighted by atomic mass is 9.69. The number of rotatable bonds is 9. The summed E-state index contributed by atoms with van der Waals surface area (Å²) in [5.74, 6) is -2.69. The van der Waals surface area contributed by atoms with Crippen LogP contribution in [-0.4, -0.2) is 46.7 Å². The Balaban J connectivity index is 1.26. The Bertz CT molecular complexity index is 1780. The number of alkyl carbamates (subject to hydrolysis) is 1. The Morgan fingerprint density at radius 3 is 2.21 bits per heavy atom. The number of esters is 1. The molecule has 5 N–H and O–H groups in total. The number of allylic oxidation sites excluding steroid dienone is 1. The van der Waals surface area contributed by atoms with Crippen molar-refractivity contribution in [2.45, 2.75) is 38.3 Å². The maximum Gasteiger partial charge on any atom is 0.407 e. The molecular formula is C34H31N3O10. The molecule has 1 fully saturated rings. The number of imide groups is 2. The number of phenolic OH excluding ortho intramolecular Hbond substituents is 2. The van der Waals surface area contributed by atoms with Gasteiger partial charge >= 0.3 is 18.1 Å². The average Bonchev–Trinajstić information content (AvgIpc) is 3.32. The molecule has 0 aromatic heterocycles. The van der Waals surface area contributed by atoms with Crippen molar-refractivity contribution in [3.8, 4) is 23.0 Å². The van der Waals surface area contributed by atoms with Gasteiger partial charge in [-0.1, -0.05) is 37.6 Å². The second-order valence-corrected chi connectivity index (χ2v) is 11.5. The Kier molecular flexibility index (Phi) is 7.83. The van der Waals surface area contributed by atoms with E-state index in [1.165, 1.54) is 30.3 Å². The van der Waals surface area contributed by atoms with E-state index < -0.39 is 46.8 Å². The van der Waals surface area contributed by atoms with Gasteiger partial charge in [-0.3, -0.25) is 20.2 Å². The molecule has 47 heavy (non-hydrogen) atoms. The van der Waals surface area contributed by atoms with E-state index >= 15 is 0 Å². The largest absolute Gasteiger partial charge is 0.508 e. The number of barbiturate groups is 1. The molecule has 6 rings (SSSR count). The number of phenols is 2. The van der Waals surface area contributed by atoms with Crippen molar-refractivity contribution >= 4 is 29.9 Å². The summed E-state index contributed by atoms with van der Waals surface area (Å²) >= 11 is 0. The Morgan fingerprint density at radius 2 is 1.62 bits per heavy atom. The third-order valence-corrected chi connectivity index (χ3v) is 8.79. The van der Waals surface area contributed by atoms with E-state index in [0.29, 0.717) is 35.1 Å². The van der Waals surface area contributed by atoms with E-state index in [9.17, 15) is 34.2 Å². The molecule has 13 heteroatoms. The van der Waals surface area contributed by atoms with Gasteiger partial charge in [-0.15, -0.1) is 6.58 Å². The predicted octanol–water partition coefficient (Wildman–Crippen LogP) is 4.24. The fraction of sp³-hybridized carbons (Fsp3) is 0.265. The van der Waals surface area contributed by atoms with Gasteiger partial charge in [0, 0.05) is 41.3 Å². The number of benzene rings is 3. The first-order valence-corrected chi connectivity index (χ1v) is 14.9. The molecule has 0 radical (unpaired) electrons. The van der Waals surface area contributed by atoms with Crippen molar-refractivity contribution in [3.63, 3.8) is 0 Å². The quantitative estimate of drug-likeness (QED) is 0.128. The summed E-state index contributed by atoms with van der Waals surface area (Å²) in [6.07, 6.45) is 1.35. The van der Waals surface area contributed by atoms with Crippen molar-refractivity contribution in [2.75, 3.05) is 6.61 Å². The van der Waals surface area contributed by atoms with Crippen LogP contribution in [0.4, 0.5) is 9.59 Å². The minimum Gasteiger partial charge on any atom is -0.508 e. The monoisotopic (exact) mass is 641 g/mol. The summed E-state index contributed by atoms with van der Waals surface area (Å²) in [5, 5.41) is 27.2. The fourth-order valence-corrected chi connectivity index (χ4v) is 6.69. The van der Waals surface area contributed by atoms with E-state index in [2.05, 4.69) is 22.5 Å². The summed E-state index contributed by atoms with van der Waals surface area (Å²) in [6.45, 7) is 5.05. The standard InChI is InChI=1S/C34H31N3O10/c1-3-6-19(33(13-4-2)29(41)36-31(43)37-30(33)42)17-45-32(44)35-16-18-7-5-8-24-27(18)28(40)47-34(24)22-11-9-20(38)14-25(22)46-26-15-21(39)10-12-23(26)34/h4-5,7-12,14-15,19,38-39H,2-3,6,13,16-17H2,1H3,(H,35,44)(H2,36,37,41,42,43). The van der Waals surface area contributed by atoms with Crippen molar-refractivity contribution in [1.29, 1.82) is 0 Å². The van der Waals surface area contributed by atoms with Crippen LogP contribution in [-0.2, 0) is 31.2 Å². The lowest BCUT2D eigenvalue weighted by Gasteiger charge is -2.39. The van der Waals surface area contributed by atoms with Gasteiger partial charge in [-0.05, 0) is 42.7 Å². The van der Waals surface area contributed by atoms with Crippen LogP contribution in [0.2, 0.25) is 0 Å². The minimum atomic E-state index is -1.70. The van der Waals surface area contributed by atoms with E-state index in [1.807, 2.05) is 6.92 Å². The zero-order valence-corrected chi connectivity index (χ0v) is 25.3. The summed E-state index contributed by atoms with van der Waals surface area (Å²) in [7, 11) is 0. The first-order valence-electron chi connectivity index (χ1n) is 14.9. The number of carbonyl (C=O) groups excluding carboxylic acids is 5. The van der Waals surface area contributed by atoms with Crippen LogP contribution in [0.3, 0.4) is 0 Å². The van der Waals surface area contributed by atoms with E-state index in [0.717, 1.165) is 0 Å². The Hall–Kier alpha value is -5.85. The molecule has 0 saturated carbocycles. The maximum absolute atomic E-state index is 13.6. The molecule has 13 nitrogen and oxygen atoms in total. The van der Waals surface area contributed by atoms with Crippen molar-refractivity contribution in [1.82, 2.24) is 16.0 Å². The zero-order valence-electron chi connectivity index (χ0n) is 25.3. The third-order valence-electron chi connectivity index (χ3n) is 8.79. The van der Waals surface area contributed by atoms with E-state index in [-0.39, 0.29) is 48.1 Å². The molecular weight excluding hydrogens is 610 g/mol. The highest BCUT2D eigenvalue weighted by atomic mass is 16.6. The first-order chi connectivity index (χ1) is 22.5. The number of nitrogens with one attached hydrogen (secondary N) is 3. The van der Waals surface area contributed by atoms with Crippen LogP contribution in [0, 0.1) is 11.3 Å². The minimum absolute atomic E-state index is 0.0710. The number of urea groups is 1. The summed E-state index contributed by atoms with van der Waals surface area (Å²) in [5.41, 5.74) is -1.16. The number of aromatic hydroxyl groups is 2. The molecule has 3 aromatic rings. The van der Waals surface area contributed by atoms with Gasteiger partial charge in [-0.2, -0.15) is 0 Å². The molecule has 1 spiro atoms. The molecule has 0 aliphatic carbocycles. The number of hydrogen-bond acceptors (Lipinski definition) is 10.